The molecule has 0 saturated carbocycles. The standard InChI is InChI=1S/C38H72O8/c1-4-6-8-10-12-14-16-17-18-19-20-21-23-25-27-29-43-32-36(41)46-34-38(3,33-45-35(40)31-39)37(42)44-30-28-26-24-22-15-13-11-9-7-5-2/h39H,4-34H2,1-3H3. The Balaban J connectivity index is 4.01. The molecule has 0 radical (unpaired) electrons. The third-order valence-electron chi connectivity index (χ3n) is 8.57. The van der Waals surface area contributed by atoms with Crippen molar-refractivity contribution < 1.29 is 38.4 Å². The molecule has 272 valence electrons. The number of carbonyl (C=O) groups is 3. The van der Waals surface area contributed by atoms with E-state index in [1.54, 1.807) is 0 Å². The molecule has 1 N–H and O–H groups in total. The number of aliphatic hydroxyl groups is 1. The summed E-state index contributed by atoms with van der Waals surface area (Å²) in [4.78, 5) is 36.7. The van der Waals surface area contributed by atoms with Gasteiger partial charge in [-0.3, -0.25) is 4.79 Å². The van der Waals surface area contributed by atoms with E-state index in [4.69, 9.17) is 24.1 Å². The van der Waals surface area contributed by atoms with Crippen LogP contribution in [-0.2, 0) is 33.3 Å². The highest BCUT2D eigenvalue weighted by Crippen LogP contribution is 2.21. The SMILES string of the molecule is CCCCCCCCCCCCCCCCCOCC(=O)OCC(C)(COC(=O)CO)C(=O)OCCCCCCCCCCCC. The van der Waals surface area contributed by atoms with Crippen LogP contribution in [0.4, 0.5) is 0 Å². The number of esters is 3. The highest BCUT2D eigenvalue weighted by atomic mass is 16.6. The fourth-order valence-corrected chi connectivity index (χ4v) is 5.39. The zero-order chi connectivity index (χ0) is 34.0. The molecule has 46 heavy (non-hydrogen) atoms. The molecular formula is C38H72O8. The minimum absolute atomic E-state index is 0.196. The van der Waals surface area contributed by atoms with Crippen LogP contribution >= 0.6 is 0 Å². The molecule has 0 aliphatic rings. The molecule has 1 atom stereocenters. The first-order chi connectivity index (χ1) is 22.4. The van der Waals surface area contributed by atoms with Gasteiger partial charge in [-0.25, -0.2) is 9.59 Å². The van der Waals surface area contributed by atoms with Crippen LogP contribution in [0.3, 0.4) is 0 Å². The predicted octanol–water partition coefficient (Wildman–Crippen LogP) is 9.42. The summed E-state index contributed by atoms with van der Waals surface area (Å²) < 4.78 is 21.3. The summed E-state index contributed by atoms with van der Waals surface area (Å²) in [7, 11) is 0. The van der Waals surface area contributed by atoms with Crippen molar-refractivity contribution in [2.24, 2.45) is 5.41 Å². The first-order valence-electron chi connectivity index (χ1n) is 19.1. The molecule has 8 heteroatoms. The van der Waals surface area contributed by atoms with Gasteiger partial charge in [-0.05, 0) is 19.8 Å². The van der Waals surface area contributed by atoms with Crippen LogP contribution in [0.5, 0.6) is 0 Å². The summed E-state index contributed by atoms with van der Waals surface area (Å²) in [6.45, 7) is 5.12. The summed E-state index contributed by atoms with van der Waals surface area (Å²) in [5, 5.41) is 8.99. The topological polar surface area (TPSA) is 108 Å². The van der Waals surface area contributed by atoms with Crippen LogP contribution in [0.1, 0.15) is 181 Å². The lowest BCUT2D eigenvalue weighted by atomic mass is 9.93. The van der Waals surface area contributed by atoms with E-state index in [1.165, 1.54) is 135 Å². The van der Waals surface area contributed by atoms with Crippen LogP contribution in [0, 0.1) is 5.41 Å². The van der Waals surface area contributed by atoms with Gasteiger partial charge in [0.1, 0.15) is 31.8 Å². The van der Waals surface area contributed by atoms with E-state index in [0.29, 0.717) is 6.61 Å². The largest absolute Gasteiger partial charge is 0.465 e. The maximum absolute atomic E-state index is 12.9. The Morgan fingerprint density at radius 2 is 0.826 bits per heavy atom. The molecule has 0 aliphatic heterocycles. The first kappa shape index (κ1) is 44.3. The van der Waals surface area contributed by atoms with Gasteiger partial charge in [0.05, 0.1) is 6.61 Å². The Labute approximate surface area is 282 Å². The van der Waals surface area contributed by atoms with E-state index in [-0.39, 0.29) is 26.4 Å². The minimum atomic E-state index is -1.37. The smallest absolute Gasteiger partial charge is 0.332 e. The van der Waals surface area contributed by atoms with Crippen LogP contribution in [0.15, 0.2) is 0 Å². The van der Waals surface area contributed by atoms with E-state index < -0.39 is 29.9 Å². The Morgan fingerprint density at radius 1 is 0.478 bits per heavy atom. The predicted molar refractivity (Wildman–Crippen MR) is 186 cm³/mol. The molecule has 0 aromatic heterocycles. The summed E-state index contributed by atoms with van der Waals surface area (Å²) in [6, 6.07) is 0. The molecule has 0 rings (SSSR count). The van der Waals surface area contributed by atoms with Gasteiger partial charge in [-0.1, -0.05) is 162 Å². The van der Waals surface area contributed by atoms with E-state index in [1.807, 2.05) is 0 Å². The van der Waals surface area contributed by atoms with Crippen molar-refractivity contribution in [1.82, 2.24) is 0 Å². The molecule has 0 bridgehead atoms. The number of hydrogen-bond donors (Lipinski definition) is 1. The van der Waals surface area contributed by atoms with Crippen LogP contribution in [0.25, 0.3) is 0 Å². The highest BCUT2D eigenvalue weighted by Gasteiger charge is 2.38. The third-order valence-corrected chi connectivity index (χ3v) is 8.57. The Morgan fingerprint density at radius 3 is 1.22 bits per heavy atom. The van der Waals surface area contributed by atoms with Gasteiger partial charge in [0.15, 0.2) is 0 Å². The van der Waals surface area contributed by atoms with E-state index >= 15 is 0 Å². The van der Waals surface area contributed by atoms with Crippen LogP contribution in [0.2, 0.25) is 0 Å². The molecule has 0 aromatic carbocycles. The lowest BCUT2D eigenvalue weighted by molar-refractivity contribution is -0.172. The van der Waals surface area contributed by atoms with E-state index in [9.17, 15) is 14.4 Å². The molecule has 0 amide bonds. The third kappa shape index (κ3) is 28.5. The number of rotatable bonds is 35. The molecule has 0 aliphatic carbocycles. The number of ether oxygens (including phenoxy) is 4. The maximum Gasteiger partial charge on any atom is 0.332 e. The fraction of sp³-hybridized carbons (Fsp3) is 0.921. The number of carbonyl (C=O) groups excluding carboxylic acids is 3. The summed E-state index contributed by atoms with van der Waals surface area (Å²) >= 11 is 0. The molecule has 0 aromatic rings. The van der Waals surface area contributed by atoms with E-state index in [0.717, 1.165) is 32.1 Å². The normalized spacial score (nSPS) is 12.5. The Hall–Kier alpha value is -1.67. The van der Waals surface area contributed by atoms with Crippen molar-refractivity contribution in [3.8, 4) is 0 Å². The zero-order valence-corrected chi connectivity index (χ0v) is 30.2. The lowest BCUT2D eigenvalue weighted by Crippen LogP contribution is -2.41. The second-order valence-electron chi connectivity index (χ2n) is 13.4. The van der Waals surface area contributed by atoms with Gasteiger partial charge in [0, 0.05) is 6.61 Å². The molecule has 0 heterocycles. The first-order valence-corrected chi connectivity index (χ1v) is 19.1. The van der Waals surface area contributed by atoms with Gasteiger partial charge >= 0.3 is 17.9 Å². The monoisotopic (exact) mass is 657 g/mol. The van der Waals surface area contributed by atoms with Gasteiger partial charge < -0.3 is 24.1 Å². The lowest BCUT2D eigenvalue weighted by Gasteiger charge is -2.26. The number of hydrogen-bond acceptors (Lipinski definition) is 8. The number of aliphatic hydroxyl groups excluding tert-OH is 1. The van der Waals surface area contributed by atoms with Gasteiger partial charge in [-0.15, -0.1) is 0 Å². The average molecular weight is 657 g/mol. The molecule has 0 saturated heterocycles. The van der Waals surface area contributed by atoms with Crippen molar-refractivity contribution in [2.45, 2.75) is 181 Å². The van der Waals surface area contributed by atoms with E-state index in [2.05, 4.69) is 13.8 Å². The second kappa shape index (κ2) is 33.2. The van der Waals surface area contributed by atoms with Crippen molar-refractivity contribution in [3.05, 3.63) is 0 Å². The average Bonchev–Trinajstić information content (AvgIpc) is 3.06. The molecule has 0 fully saturated rings. The second-order valence-corrected chi connectivity index (χ2v) is 13.4. The van der Waals surface area contributed by atoms with Crippen molar-refractivity contribution in [3.63, 3.8) is 0 Å². The van der Waals surface area contributed by atoms with Gasteiger partial charge in [0.25, 0.3) is 0 Å². The van der Waals surface area contributed by atoms with Crippen molar-refractivity contribution >= 4 is 17.9 Å². The quantitative estimate of drug-likeness (QED) is 0.0408. The van der Waals surface area contributed by atoms with Crippen LogP contribution < -0.4 is 0 Å². The molecule has 8 nitrogen and oxygen atoms in total. The highest BCUT2D eigenvalue weighted by molar-refractivity contribution is 5.78. The molecule has 1 unspecified atom stereocenters. The van der Waals surface area contributed by atoms with Gasteiger partial charge in [-0.2, -0.15) is 0 Å². The molecular weight excluding hydrogens is 584 g/mol. The fourth-order valence-electron chi connectivity index (χ4n) is 5.39. The van der Waals surface area contributed by atoms with Crippen molar-refractivity contribution in [2.75, 3.05) is 39.6 Å². The van der Waals surface area contributed by atoms with Crippen LogP contribution in [-0.4, -0.2) is 62.7 Å². The zero-order valence-electron chi connectivity index (χ0n) is 30.2. The van der Waals surface area contributed by atoms with Crippen molar-refractivity contribution in [1.29, 1.82) is 0 Å². The summed E-state index contributed by atoms with van der Waals surface area (Å²) in [6.07, 6.45) is 31.1. The summed E-state index contributed by atoms with van der Waals surface area (Å²) in [5.74, 6) is -2.03. The number of unbranched alkanes of at least 4 members (excludes halogenated alkanes) is 23. The Bertz CT molecular complexity index is 713. The van der Waals surface area contributed by atoms with Gasteiger partial charge in [0.2, 0.25) is 0 Å². The molecule has 0 spiro atoms. The minimum Gasteiger partial charge on any atom is -0.465 e. The maximum atomic E-state index is 12.9. The summed E-state index contributed by atoms with van der Waals surface area (Å²) in [5.41, 5.74) is -1.37. The Kier molecular flexibility index (Phi) is 32.0.